The Hall–Kier alpha value is -1.71. The van der Waals surface area contributed by atoms with Gasteiger partial charge in [0.2, 0.25) is 0 Å². The van der Waals surface area contributed by atoms with Crippen molar-refractivity contribution in [1.29, 1.82) is 0 Å². The Kier molecular flexibility index (Phi) is 2.53. The number of aldehydes is 1. The first kappa shape index (κ1) is 8.39. The first-order valence-corrected chi connectivity index (χ1v) is 3.27. The molecule has 1 rings (SSSR count). The first-order valence-electron chi connectivity index (χ1n) is 3.27. The molecule has 0 aliphatic carbocycles. The van der Waals surface area contributed by atoms with E-state index in [2.05, 4.69) is 0 Å². The van der Waals surface area contributed by atoms with E-state index < -0.39 is 4.92 Å². The second-order valence-corrected chi connectivity index (χ2v) is 2.15. The molecule has 0 unspecified atom stereocenters. The molecule has 0 atom stereocenters. The number of hydrogen-bond acceptors (Lipinski definition) is 3. The Morgan fingerprint density at radius 3 is 2.25 bits per heavy atom. The molecule has 0 amide bonds. The largest absolute Gasteiger partial charge is 0.303 e. The molecule has 12 heavy (non-hydrogen) atoms. The number of hydrogen-bond donors (Lipinski definition) is 0. The van der Waals surface area contributed by atoms with Crippen molar-refractivity contribution in [2.45, 2.75) is 0 Å². The lowest BCUT2D eigenvalue weighted by molar-refractivity contribution is -0.384. The van der Waals surface area contributed by atoms with Gasteiger partial charge < -0.3 is 4.79 Å². The van der Waals surface area contributed by atoms with Crippen LogP contribution < -0.4 is 0 Å². The molecule has 4 heteroatoms. The maximum atomic E-state index is 10.2. The fourth-order valence-corrected chi connectivity index (χ4v) is 0.786. The molecule has 0 aromatic heterocycles. The van der Waals surface area contributed by atoms with Gasteiger partial charge in [-0.15, -0.1) is 0 Å². The SMILES string of the molecule is O=C[CH]c1ccc([N+](=O)[O-])cc1. The lowest BCUT2D eigenvalue weighted by Gasteiger charge is -1.92. The molecule has 1 aromatic rings. The van der Waals surface area contributed by atoms with Crippen LogP contribution in [0.1, 0.15) is 5.56 Å². The van der Waals surface area contributed by atoms with Crippen LogP contribution in [0, 0.1) is 16.5 Å². The van der Waals surface area contributed by atoms with E-state index in [1.807, 2.05) is 0 Å². The van der Waals surface area contributed by atoms with Crippen LogP contribution in [0.25, 0.3) is 0 Å². The molecule has 0 bridgehead atoms. The zero-order valence-corrected chi connectivity index (χ0v) is 6.14. The van der Waals surface area contributed by atoms with Crippen LogP contribution >= 0.6 is 0 Å². The molecule has 0 aliphatic rings. The Morgan fingerprint density at radius 2 is 1.83 bits per heavy atom. The van der Waals surface area contributed by atoms with Crippen molar-refractivity contribution in [3.63, 3.8) is 0 Å². The number of non-ortho nitro benzene ring substituents is 1. The summed E-state index contributed by atoms with van der Waals surface area (Å²) in [4.78, 5) is 19.7. The number of nitro groups is 1. The molecule has 0 saturated heterocycles. The van der Waals surface area contributed by atoms with E-state index in [1.54, 1.807) is 0 Å². The number of nitrogens with zero attached hydrogens (tertiary/aromatic N) is 1. The van der Waals surface area contributed by atoms with E-state index in [9.17, 15) is 14.9 Å². The van der Waals surface area contributed by atoms with E-state index in [4.69, 9.17) is 0 Å². The van der Waals surface area contributed by atoms with Crippen LogP contribution in [0.4, 0.5) is 5.69 Å². The average molecular weight is 164 g/mol. The maximum Gasteiger partial charge on any atom is 0.269 e. The van der Waals surface area contributed by atoms with Crippen LogP contribution in [0.3, 0.4) is 0 Å². The topological polar surface area (TPSA) is 60.2 Å². The van der Waals surface area contributed by atoms with Crippen LogP contribution in [-0.4, -0.2) is 11.2 Å². The minimum absolute atomic E-state index is 0.0260. The molecule has 0 N–H and O–H groups in total. The van der Waals surface area contributed by atoms with Gasteiger partial charge in [0.25, 0.3) is 5.69 Å². The van der Waals surface area contributed by atoms with Crippen molar-refractivity contribution in [3.8, 4) is 0 Å². The quantitative estimate of drug-likeness (QED) is 0.385. The number of carbonyl (C=O) groups excluding carboxylic acids is 1. The predicted molar refractivity (Wildman–Crippen MR) is 42.6 cm³/mol. The Morgan fingerprint density at radius 1 is 1.25 bits per heavy atom. The van der Waals surface area contributed by atoms with E-state index in [0.29, 0.717) is 11.8 Å². The van der Waals surface area contributed by atoms with Gasteiger partial charge in [0.1, 0.15) is 6.29 Å². The van der Waals surface area contributed by atoms with Crippen LogP contribution in [-0.2, 0) is 4.79 Å². The highest BCUT2D eigenvalue weighted by Gasteiger charge is 2.02. The Balaban J connectivity index is 2.85. The number of rotatable bonds is 3. The molecule has 1 radical (unpaired) electrons. The first-order chi connectivity index (χ1) is 5.74. The third-order valence-electron chi connectivity index (χ3n) is 1.36. The summed E-state index contributed by atoms with van der Waals surface area (Å²) in [5.41, 5.74) is 0.689. The van der Waals surface area contributed by atoms with Gasteiger partial charge in [-0.1, -0.05) is 12.1 Å². The van der Waals surface area contributed by atoms with Gasteiger partial charge in [0, 0.05) is 12.1 Å². The highest BCUT2D eigenvalue weighted by Crippen LogP contribution is 2.11. The summed E-state index contributed by atoms with van der Waals surface area (Å²) in [5, 5.41) is 10.2. The maximum absolute atomic E-state index is 10.2. The monoisotopic (exact) mass is 164 g/mol. The fraction of sp³-hybridized carbons (Fsp3) is 0. The molecule has 0 aliphatic heterocycles. The standard InChI is InChI=1S/C8H6NO3/c10-6-5-7-1-3-8(4-2-7)9(11)12/h1-6H. The molecule has 0 saturated carbocycles. The van der Waals surface area contributed by atoms with Gasteiger partial charge >= 0.3 is 0 Å². The minimum Gasteiger partial charge on any atom is -0.303 e. The summed E-state index contributed by atoms with van der Waals surface area (Å²) >= 11 is 0. The highest BCUT2D eigenvalue weighted by atomic mass is 16.6. The summed E-state index contributed by atoms with van der Waals surface area (Å²) in [6.07, 6.45) is 1.98. The molecule has 1 aromatic carbocycles. The number of nitro benzene ring substituents is 1. The third-order valence-corrected chi connectivity index (χ3v) is 1.36. The smallest absolute Gasteiger partial charge is 0.269 e. The molecule has 0 heterocycles. The number of benzene rings is 1. The molecule has 0 fully saturated rings. The van der Waals surface area contributed by atoms with Crippen LogP contribution in [0.15, 0.2) is 24.3 Å². The summed E-state index contributed by atoms with van der Waals surface area (Å²) in [6, 6.07) is 5.75. The Labute approximate surface area is 69.0 Å². The lowest BCUT2D eigenvalue weighted by atomic mass is 10.1. The van der Waals surface area contributed by atoms with Crippen molar-refractivity contribution in [3.05, 3.63) is 46.4 Å². The van der Waals surface area contributed by atoms with E-state index in [-0.39, 0.29) is 5.69 Å². The summed E-state index contributed by atoms with van der Waals surface area (Å²) in [5.74, 6) is 0. The van der Waals surface area contributed by atoms with Gasteiger partial charge in [0.05, 0.1) is 11.3 Å². The van der Waals surface area contributed by atoms with E-state index >= 15 is 0 Å². The van der Waals surface area contributed by atoms with E-state index in [1.165, 1.54) is 30.7 Å². The average Bonchev–Trinajstić information content (AvgIpc) is 2.06. The predicted octanol–water partition coefficient (Wildman–Crippen LogP) is 1.35. The molecule has 4 nitrogen and oxygen atoms in total. The highest BCUT2D eigenvalue weighted by molar-refractivity contribution is 5.67. The van der Waals surface area contributed by atoms with Crippen molar-refractivity contribution >= 4 is 12.0 Å². The number of carbonyl (C=O) groups is 1. The summed E-state index contributed by atoms with van der Waals surface area (Å²) in [6.45, 7) is 0. The van der Waals surface area contributed by atoms with Crippen molar-refractivity contribution < 1.29 is 9.72 Å². The van der Waals surface area contributed by atoms with Gasteiger partial charge in [0.15, 0.2) is 0 Å². The van der Waals surface area contributed by atoms with Crippen molar-refractivity contribution in [2.24, 2.45) is 0 Å². The second kappa shape index (κ2) is 3.61. The molecule has 61 valence electrons. The van der Waals surface area contributed by atoms with Gasteiger partial charge in [-0.25, -0.2) is 0 Å². The Bertz CT molecular complexity index is 292. The molecular weight excluding hydrogens is 158 g/mol. The summed E-state index contributed by atoms with van der Waals surface area (Å²) < 4.78 is 0. The normalized spacial score (nSPS) is 9.33. The van der Waals surface area contributed by atoms with Crippen molar-refractivity contribution in [2.75, 3.05) is 0 Å². The minimum atomic E-state index is -0.481. The second-order valence-electron chi connectivity index (χ2n) is 2.15. The summed E-state index contributed by atoms with van der Waals surface area (Å²) in [7, 11) is 0. The van der Waals surface area contributed by atoms with Crippen LogP contribution in [0.5, 0.6) is 0 Å². The van der Waals surface area contributed by atoms with Gasteiger partial charge in [-0.2, -0.15) is 0 Å². The zero-order chi connectivity index (χ0) is 8.97. The lowest BCUT2D eigenvalue weighted by Crippen LogP contribution is -1.88. The van der Waals surface area contributed by atoms with E-state index in [0.717, 1.165) is 0 Å². The van der Waals surface area contributed by atoms with Crippen LogP contribution in [0.2, 0.25) is 0 Å². The molecule has 0 spiro atoms. The van der Waals surface area contributed by atoms with Crippen molar-refractivity contribution in [1.82, 2.24) is 0 Å². The third kappa shape index (κ3) is 1.88. The van der Waals surface area contributed by atoms with Gasteiger partial charge in [-0.05, 0) is 5.56 Å². The zero-order valence-electron chi connectivity index (χ0n) is 6.14. The fourth-order valence-electron chi connectivity index (χ4n) is 0.786. The van der Waals surface area contributed by atoms with Gasteiger partial charge in [-0.3, -0.25) is 10.1 Å². The molecular formula is C8H6NO3.